The molecule has 0 aliphatic rings. The Labute approximate surface area is 131 Å². The minimum Gasteiger partial charge on any atom is -0.466 e. The highest BCUT2D eigenvalue weighted by Gasteiger charge is 2.07. The fourth-order valence-corrected chi connectivity index (χ4v) is 2.79. The number of methoxy groups -OCH3 is 1. The Kier molecular flexibility index (Phi) is 5.44. The lowest BCUT2D eigenvalue weighted by Gasteiger charge is -2.07. The Morgan fingerprint density at radius 2 is 1.75 bits per heavy atom. The number of hydrogen-bond acceptors (Lipinski definition) is 3. The first-order valence-electron chi connectivity index (χ1n) is 5.97. The van der Waals surface area contributed by atoms with Crippen LogP contribution in [0.4, 0.5) is 0 Å². The van der Waals surface area contributed by atoms with Crippen LogP contribution in [0.3, 0.4) is 0 Å². The van der Waals surface area contributed by atoms with E-state index < -0.39 is 0 Å². The van der Waals surface area contributed by atoms with Gasteiger partial charge in [0.2, 0.25) is 0 Å². The molecule has 0 amide bonds. The Bertz CT molecular complexity index is 606. The van der Waals surface area contributed by atoms with Crippen LogP contribution in [-0.2, 0) is 9.53 Å². The number of esters is 1. The van der Waals surface area contributed by atoms with E-state index in [0.29, 0.717) is 0 Å². The number of rotatable bonds is 4. The van der Waals surface area contributed by atoms with Gasteiger partial charge in [-0.2, -0.15) is 0 Å². The molecule has 0 aromatic heterocycles. The summed E-state index contributed by atoms with van der Waals surface area (Å²) in [4.78, 5) is 13.5. The molecule has 4 heteroatoms. The monoisotopic (exact) mass is 348 g/mol. The predicted octanol–water partition coefficient (Wildman–Crippen LogP) is 4.76. The standard InChI is InChI=1S/C16H13BrO2S/c1-19-16(18)11-15(12-7-9-13(17)10-8-12)20-14-5-3-2-4-6-14/h2-11H,1H3/b15-11+. The summed E-state index contributed by atoms with van der Waals surface area (Å²) in [7, 11) is 1.38. The van der Waals surface area contributed by atoms with Crippen molar-refractivity contribution < 1.29 is 9.53 Å². The molecule has 0 bridgehead atoms. The quantitative estimate of drug-likeness (QED) is 0.452. The van der Waals surface area contributed by atoms with Crippen LogP contribution in [0.15, 0.2) is 70.0 Å². The third-order valence-corrected chi connectivity index (χ3v) is 4.16. The first-order valence-corrected chi connectivity index (χ1v) is 7.58. The van der Waals surface area contributed by atoms with Crippen LogP contribution < -0.4 is 0 Å². The van der Waals surface area contributed by atoms with Crippen LogP contribution in [0.5, 0.6) is 0 Å². The van der Waals surface area contributed by atoms with Gasteiger partial charge in [-0.1, -0.05) is 58.0 Å². The summed E-state index contributed by atoms with van der Waals surface area (Å²) in [6.45, 7) is 0. The fraction of sp³-hybridized carbons (Fsp3) is 0.0625. The van der Waals surface area contributed by atoms with Gasteiger partial charge in [-0.05, 0) is 29.8 Å². The molecule has 2 rings (SSSR count). The zero-order valence-corrected chi connectivity index (χ0v) is 13.3. The van der Waals surface area contributed by atoms with Crippen molar-refractivity contribution in [1.29, 1.82) is 0 Å². The van der Waals surface area contributed by atoms with Crippen molar-refractivity contribution in [1.82, 2.24) is 0 Å². The number of thioether (sulfide) groups is 1. The highest BCUT2D eigenvalue weighted by molar-refractivity contribution is 9.10. The van der Waals surface area contributed by atoms with Gasteiger partial charge in [-0.15, -0.1) is 0 Å². The van der Waals surface area contributed by atoms with Gasteiger partial charge in [-0.25, -0.2) is 4.79 Å². The Hall–Kier alpha value is -1.52. The van der Waals surface area contributed by atoms with Crippen molar-refractivity contribution in [2.75, 3.05) is 7.11 Å². The lowest BCUT2D eigenvalue weighted by molar-refractivity contribution is -0.134. The van der Waals surface area contributed by atoms with E-state index in [1.54, 1.807) is 0 Å². The van der Waals surface area contributed by atoms with E-state index in [1.807, 2.05) is 54.6 Å². The van der Waals surface area contributed by atoms with E-state index in [0.717, 1.165) is 19.8 Å². The number of carbonyl (C=O) groups excluding carboxylic acids is 1. The Balaban J connectivity index is 2.32. The molecular weight excluding hydrogens is 336 g/mol. The van der Waals surface area contributed by atoms with E-state index in [4.69, 9.17) is 4.74 Å². The van der Waals surface area contributed by atoms with Gasteiger partial charge in [0, 0.05) is 20.3 Å². The Morgan fingerprint density at radius 1 is 1.10 bits per heavy atom. The first-order chi connectivity index (χ1) is 9.69. The summed E-state index contributed by atoms with van der Waals surface area (Å²) in [6.07, 6.45) is 1.51. The van der Waals surface area contributed by atoms with Gasteiger partial charge in [0.1, 0.15) is 0 Å². The molecule has 0 aliphatic heterocycles. The van der Waals surface area contributed by atoms with Crippen LogP contribution in [0, 0.1) is 0 Å². The number of halogens is 1. The minimum absolute atomic E-state index is 0.355. The zero-order chi connectivity index (χ0) is 14.4. The van der Waals surface area contributed by atoms with Gasteiger partial charge in [-0.3, -0.25) is 0 Å². The molecule has 0 radical (unpaired) electrons. The maximum Gasteiger partial charge on any atom is 0.331 e. The van der Waals surface area contributed by atoms with Crippen LogP contribution in [0.2, 0.25) is 0 Å². The topological polar surface area (TPSA) is 26.3 Å². The highest BCUT2D eigenvalue weighted by atomic mass is 79.9. The molecular formula is C16H13BrO2S. The zero-order valence-electron chi connectivity index (χ0n) is 10.9. The Morgan fingerprint density at radius 3 is 2.35 bits per heavy atom. The van der Waals surface area contributed by atoms with E-state index in [9.17, 15) is 4.79 Å². The summed E-state index contributed by atoms with van der Waals surface area (Å²) in [5, 5.41) is 0. The summed E-state index contributed by atoms with van der Waals surface area (Å²) >= 11 is 4.94. The van der Waals surface area contributed by atoms with Gasteiger partial charge < -0.3 is 4.74 Å². The summed E-state index contributed by atoms with van der Waals surface area (Å²) in [5.41, 5.74) is 0.979. The summed E-state index contributed by atoms with van der Waals surface area (Å²) < 4.78 is 5.73. The molecule has 0 fully saturated rings. The molecule has 102 valence electrons. The van der Waals surface area contributed by atoms with Crippen LogP contribution in [-0.4, -0.2) is 13.1 Å². The third kappa shape index (κ3) is 4.25. The van der Waals surface area contributed by atoms with Gasteiger partial charge in [0.15, 0.2) is 0 Å². The summed E-state index contributed by atoms with van der Waals surface area (Å²) in [5.74, 6) is -0.355. The van der Waals surface area contributed by atoms with Crippen LogP contribution in [0.1, 0.15) is 5.56 Å². The summed E-state index contributed by atoms with van der Waals surface area (Å²) in [6, 6.07) is 17.8. The SMILES string of the molecule is COC(=O)/C=C(/Sc1ccccc1)c1ccc(Br)cc1. The lowest BCUT2D eigenvalue weighted by Crippen LogP contribution is -1.96. The van der Waals surface area contributed by atoms with E-state index in [1.165, 1.54) is 24.9 Å². The van der Waals surface area contributed by atoms with Crippen LogP contribution >= 0.6 is 27.7 Å². The van der Waals surface area contributed by atoms with Crippen molar-refractivity contribution in [2.45, 2.75) is 4.90 Å². The predicted molar refractivity (Wildman–Crippen MR) is 86.4 cm³/mol. The smallest absolute Gasteiger partial charge is 0.331 e. The third-order valence-electron chi connectivity index (χ3n) is 2.55. The molecule has 2 aromatic carbocycles. The average molecular weight is 349 g/mol. The fourth-order valence-electron chi connectivity index (χ4n) is 1.57. The molecule has 0 spiro atoms. The number of carbonyl (C=O) groups is 1. The van der Waals surface area contributed by atoms with Crippen molar-refractivity contribution in [3.63, 3.8) is 0 Å². The molecule has 0 N–H and O–H groups in total. The van der Waals surface area contributed by atoms with Crippen molar-refractivity contribution >= 4 is 38.6 Å². The largest absolute Gasteiger partial charge is 0.466 e. The van der Waals surface area contributed by atoms with Gasteiger partial charge in [0.05, 0.1) is 7.11 Å². The molecule has 0 unspecified atom stereocenters. The normalized spacial score (nSPS) is 11.2. The second-order valence-corrected chi connectivity index (χ2v) is 5.98. The number of ether oxygens (including phenoxy) is 1. The molecule has 20 heavy (non-hydrogen) atoms. The van der Waals surface area contributed by atoms with Crippen molar-refractivity contribution in [3.8, 4) is 0 Å². The molecule has 0 aliphatic carbocycles. The van der Waals surface area contributed by atoms with E-state index in [2.05, 4.69) is 15.9 Å². The lowest BCUT2D eigenvalue weighted by atomic mass is 10.2. The van der Waals surface area contributed by atoms with Gasteiger partial charge >= 0.3 is 5.97 Å². The molecule has 0 saturated heterocycles. The average Bonchev–Trinajstić information content (AvgIpc) is 2.48. The minimum atomic E-state index is -0.355. The van der Waals surface area contributed by atoms with Crippen molar-refractivity contribution in [2.24, 2.45) is 0 Å². The molecule has 0 atom stereocenters. The van der Waals surface area contributed by atoms with E-state index >= 15 is 0 Å². The van der Waals surface area contributed by atoms with Gasteiger partial charge in [0.25, 0.3) is 0 Å². The second-order valence-electron chi connectivity index (χ2n) is 3.95. The first kappa shape index (κ1) is 14.9. The second kappa shape index (κ2) is 7.31. The maximum atomic E-state index is 11.5. The number of hydrogen-bond donors (Lipinski definition) is 0. The van der Waals surface area contributed by atoms with Crippen molar-refractivity contribution in [3.05, 3.63) is 70.7 Å². The van der Waals surface area contributed by atoms with Crippen LogP contribution in [0.25, 0.3) is 4.91 Å². The molecule has 0 saturated carbocycles. The highest BCUT2D eigenvalue weighted by Crippen LogP contribution is 2.34. The molecule has 2 nitrogen and oxygen atoms in total. The molecule has 2 aromatic rings. The number of benzene rings is 2. The maximum absolute atomic E-state index is 11.5. The van der Waals surface area contributed by atoms with E-state index in [-0.39, 0.29) is 5.97 Å². The molecule has 0 heterocycles.